The molecular formula is C27H28N6O5. The Morgan fingerprint density at radius 2 is 1.89 bits per heavy atom. The fourth-order valence-corrected chi connectivity index (χ4v) is 5.23. The second-order valence-electron chi connectivity index (χ2n) is 9.46. The molecule has 0 saturated heterocycles. The van der Waals surface area contributed by atoms with E-state index in [-0.39, 0.29) is 17.8 Å². The smallest absolute Gasteiger partial charge is 0.407 e. The van der Waals surface area contributed by atoms with E-state index in [1.807, 2.05) is 42.5 Å². The van der Waals surface area contributed by atoms with Crippen LogP contribution in [0.25, 0.3) is 22.3 Å². The standard InChI is InChI=1S/C27H28N6O5/c1-32-21-15-28-25(14-20(21)33(27(32)35)18-8-7-17(13-18)29-26(34)36-2)31-24-5-3-4-19(30-24)16-6-9-22-23(12-16)38-11-10-37-22/h3-6,9,12,14-15,17-18H,7-8,10-11,13H2,1-2H3,(H,29,34)(H,28,30,31)/t17-,18-/m1/s1. The maximum absolute atomic E-state index is 13.2. The number of aryl methyl sites for hydroxylation is 1. The van der Waals surface area contributed by atoms with Crippen molar-refractivity contribution < 1.29 is 19.0 Å². The summed E-state index contributed by atoms with van der Waals surface area (Å²) in [6.45, 7) is 1.07. The third-order valence-corrected chi connectivity index (χ3v) is 7.10. The van der Waals surface area contributed by atoms with Gasteiger partial charge in [-0.05, 0) is 49.6 Å². The van der Waals surface area contributed by atoms with E-state index in [4.69, 9.17) is 19.2 Å². The summed E-state index contributed by atoms with van der Waals surface area (Å²) in [6.07, 6.45) is 3.44. The number of fused-ring (bicyclic) bond motifs is 2. The molecule has 1 amide bonds. The number of nitrogens with one attached hydrogen (secondary N) is 2. The van der Waals surface area contributed by atoms with Crippen LogP contribution >= 0.6 is 0 Å². The fourth-order valence-electron chi connectivity index (χ4n) is 5.23. The molecule has 4 heterocycles. The molecule has 1 aliphatic carbocycles. The van der Waals surface area contributed by atoms with E-state index < -0.39 is 6.09 Å². The van der Waals surface area contributed by atoms with E-state index in [1.54, 1.807) is 22.4 Å². The highest BCUT2D eigenvalue weighted by Gasteiger charge is 2.30. The van der Waals surface area contributed by atoms with Gasteiger partial charge in [-0.15, -0.1) is 0 Å². The quantitative estimate of drug-likeness (QED) is 0.411. The van der Waals surface area contributed by atoms with Crippen LogP contribution in [0.4, 0.5) is 16.4 Å². The third kappa shape index (κ3) is 4.40. The lowest BCUT2D eigenvalue weighted by atomic mass is 10.1. The van der Waals surface area contributed by atoms with Gasteiger partial charge in [-0.25, -0.2) is 19.6 Å². The van der Waals surface area contributed by atoms with E-state index in [0.29, 0.717) is 37.0 Å². The van der Waals surface area contributed by atoms with Gasteiger partial charge in [-0.2, -0.15) is 0 Å². The molecule has 1 aromatic carbocycles. The number of alkyl carbamates (subject to hydrolysis) is 1. The van der Waals surface area contributed by atoms with Crippen LogP contribution in [0.1, 0.15) is 25.3 Å². The zero-order valence-electron chi connectivity index (χ0n) is 21.1. The molecule has 0 unspecified atom stereocenters. The molecule has 3 aromatic heterocycles. The summed E-state index contributed by atoms with van der Waals surface area (Å²) >= 11 is 0. The van der Waals surface area contributed by atoms with Crippen molar-refractivity contribution in [2.75, 3.05) is 25.6 Å². The summed E-state index contributed by atoms with van der Waals surface area (Å²) in [5.74, 6) is 2.64. The van der Waals surface area contributed by atoms with Crippen molar-refractivity contribution in [3.63, 3.8) is 0 Å². The summed E-state index contributed by atoms with van der Waals surface area (Å²) in [5.41, 5.74) is 3.10. The molecule has 1 fully saturated rings. The van der Waals surface area contributed by atoms with Crippen molar-refractivity contribution in [1.82, 2.24) is 24.4 Å². The van der Waals surface area contributed by atoms with Crippen molar-refractivity contribution in [1.29, 1.82) is 0 Å². The minimum Gasteiger partial charge on any atom is -0.486 e. The monoisotopic (exact) mass is 516 g/mol. The van der Waals surface area contributed by atoms with Gasteiger partial charge in [-0.3, -0.25) is 9.13 Å². The lowest BCUT2D eigenvalue weighted by Gasteiger charge is -2.18. The average molecular weight is 517 g/mol. The number of anilines is 2. The highest BCUT2D eigenvalue weighted by molar-refractivity contribution is 5.79. The van der Waals surface area contributed by atoms with Crippen LogP contribution in [0.5, 0.6) is 11.5 Å². The van der Waals surface area contributed by atoms with Crippen molar-refractivity contribution in [2.45, 2.75) is 31.3 Å². The lowest BCUT2D eigenvalue weighted by Crippen LogP contribution is -2.33. The van der Waals surface area contributed by atoms with Gasteiger partial charge in [-0.1, -0.05) is 6.07 Å². The van der Waals surface area contributed by atoms with Gasteiger partial charge in [0.25, 0.3) is 0 Å². The first kappa shape index (κ1) is 23.8. The minimum absolute atomic E-state index is 0.0402. The Bertz CT molecular complexity index is 1580. The Balaban J connectivity index is 1.27. The van der Waals surface area contributed by atoms with Crippen LogP contribution in [0.15, 0.2) is 53.5 Å². The molecule has 11 nitrogen and oxygen atoms in total. The molecular weight excluding hydrogens is 488 g/mol. The number of aromatic nitrogens is 4. The van der Waals surface area contributed by atoms with Gasteiger partial charge >= 0.3 is 11.8 Å². The predicted octanol–water partition coefficient (Wildman–Crippen LogP) is 3.76. The number of pyridine rings is 2. The average Bonchev–Trinajstić information content (AvgIpc) is 3.49. The second kappa shape index (κ2) is 9.73. The van der Waals surface area contributed by atoms with Crippen LogP contribution < -0.4 is 25.8 Å². The van der Waals surface area contributed by atoms with Crippen LogP contribution in [-0.2, 0) is 11.8 Å². The molecule has 0 spiro atoms. The molecule has 2 N–H and O–H groups in total. The van der Waals surface area contributed by atoms with Crippen LogP contribution in [0.3, 0.4) is 0 Å². The summed E-state index contributed by atoms with van der Waals surface area (Å²) in [4.78, 5) is 34.1. The molecule has 1 aliphatic heterocycles. The zero-order valence-corrected chi connectivity index (χ0v) is 21.1. The molecule has 2 atom stereocenters. The topological polar surface area (TPSA) is 122 Å². The third-order valence-electron chi connectivity index (χ3n) is 7.10. The first-order valence-electron chi connectivity index (χ1n) is 12.6. The fraction of sp³-hybridized carbons (Fsp3) is 0.333. The molecule has 2 aliphatic rings. The van der Waals surface area contributed by atoms with Gasteiger partial charge in [0, 0.05) is 30.8 Å². The van der Waals surface area contributed by atoms with Crippen LogP contribution in [0, 0.1) is 0 Å². The Labute approximate surface area is 218 Å². The number of carbonyl (C=O) groups excluding carboxylic acids is 1. The highest BCUT2D eigenvalue weighted by Crippen LogP contribution is 2.35. The van der Waals surface area contributed by atoms with Crippen molar-refractivity contribution in [3.05, 3.63) is 59.1 Å². The van der Waals surface area contributed by atoms with E-state index >= 15 is 0 Å². The van der Waals surface area contributed by atoms with Gasteiger partial charge in [0.1, 0.15) is 24.8 Å². The Morgan fingerprint density at radius 1 is 1.05 bits per heavy atom. The van der Waals surface area contributed by atoms with Crippen molar-refractivity contribution >= 4 is 28.8 Å². The van der Waals surface area contributed by atoms with E-state index in [2.05, 4.69) is 15.6 Å². The number of methoxy groups -OCH3 is 1. The summed E-state index contributed by atoms with van der Waals surface area (Å²) in [7, 11) is 3.09. The lowest BCUT2D eigenvalue weighted by molar-refractivity contribution is 0.166. The first-order valence-corrected chi connectivity index (χ1v) is 12.6. The molecule has 196 valence electrons. The molecule has 38 heavy (non-hydrogen) atoms. The van der Waals surface area contributed by atoms with Crippen molar-refractivity contribution in [3.8, 4) is 22.8 Å². The number of rotatable bonds is 5. The molecule has 0 bridgehead atoms. The zero-order chi connectivity index (χ0) is 26.2. The number of carbonyl (C=O) groups is 1. The number of amides is 1. The van der Waals surface area contributed by atoms with Gasteiger partial charge in [0.05, 0.1) is 30.0 Å². The Hall–Kier alpha value is -4.54. The molecule has 11 heteroatoms. The minimum atomic E-state index is -0.456. The van der Waals surface area contributed by atoms with Gasteiger partial charge in [0.15, 0.2) is 11.5 Å². The number of hydrogen-bond acceptors (Lipinski definition) is 8. The van der Waals surface area contributed by atoms with E-state index in [9.17, 15) is 9.59 Å². The molecule has 4 aromatic rings. The predicted molar refractivity (Wildman–Crippen MR) is 141 cm³/mol. The number of imidazole rings is 1. The molecule has 1 saturated carbocycles. The number of benzene rings is 1. The van der Waals surface area contributed by atoms with Crippen LogP contribution in [0.2, 0.25) is 0 Å². The largest absolute Gasteiger partial charge is 0.486 e. The van der Waals surface area contributed by atoms with Crippen LogP contribution in [-0.4, -0.2) is 51.6 Å². The Kier molecular flexibility index (Phi) is 6.10. The first-order chi connectivity index (χ1) is 18.5. The summed E-state index contributed by atoms with van der Waals surface area (Å²) in [5, 5.41) is 6.13. The maximum Gasteiger partial charge on any atom is 0.407 e. The normalized spacial score (nSPS) is 18.4. The Morgan fingerprint density at radius 3 is 2.74 bits per heavy atom. The second-order valence-corrected chi connectivity index (χ2v) is 9.46. The molecule has 0 radical (unpaired) electrons. The molecule has 6 rings (SSSR count). The van der Waals surface area contributed by atoms with Gasteiger partial charge in [0.2, 0.25) is 0 Å². The SMILES string of the molecule is COC(=O)N[C@@H]1CC[C@@H](n2c(=O)n(C)c3cnc(Nc4cccc(-c5ccc6c(c5)OCCO6)n4)cc32)C1. The summed E-state index contributed by atoms with van der Waals surface area (Å²) in [6, 6.07) is 13.3. The highest BCUT2D eigenvalue weighted by atomic mass is 16.6. The number of ether oxygens (including phenoxy) is 3. The van der Waals surface area contributed by atoms with E-state index in [0.717, 1.165) is 40.9 Å². The maximum atomic E-state index is 13.2. The van der Waals surface area contributed by atoms with Gasteiger partial charge < -0.3 is 24.8 Å². The number of hydrogen-bond donors (Lipinski definition) is 2. The van der Waals surface area contributed by atoms with E-state index in [1.165, 1.54) is 7.11 Å². The number of nitrogens with zero attached hydrogens (tertiary/aromatic N) is 4. The van der Waals surface area contributed by atoms with Crippen molar-refractivity contribution in [2.24, 2.45) is 7.05 Å². The summed E-state index contributed by atoms with van der Waals surface area (Å²) < 4.78 is 19.5.